The van der Waals surface area contributed by atoms with Gasteiger partial charge in [0.1, 0.15) is 5.82 Å². The molecule has 1 rings (SSSR count). The van der Waals surface area contributed by atoms with E-state index in [1.54, 1.807) is 6.20 Å². The van der Waals surface area contributed by atoms with Gasteiger partial charge in [0.05, 0.1) is 6.61 Å². The summed E-state index contributed by atoms with van der Waals surface area (Å²) in [6.07, 6.45) is 1.77. The number of unbranched alkanes of at least 4 members (excludes halogenated alkanes) is 3. The van der Waals surface area contributed by atoms with Crippen molar-refractivity contribution in [1.29, 1.82) is 0 Å². The van der Waals surface area contributed by atoms with Gasteiger partial charge in [-0.25, -0.2) is 18.6 Å². The summed E-state index contributed by atoms with van der Waals surface area (Å²) in [7, 11) is 0. The summed E-state index contributed by atoms with van der Waals surface area (Å²) in [6, 6.07) is 0. The first-order chi connectivity index (χ1) is 10.8. The van der Waals surface area contributed by atoms with Crippen molar-refractivity contribution in [3.05, 3.63) is 17.7 Å². The number of hydrogen-bond donors (Lipinski definition) is 2. The maximum Gasteiger partial charge on any atom is 0.332 e. The van der Waals surface area contributed by atoms with Crippen molar-refractivity contribution < 1.29 is 18.3 Å². The van der Waals surface area contributed by atoms with Gasteiger partial charge in [0.2, 0.25) is 0 Å². The first kappa shape index (κ1) is 19.5. The molecule has 0 radical (unpaired) electrons. The minimum absolute atomic E-state index is 0.111. The highest BCUT2D eigenvalue weighted by atomic mass is 19.3. The van der Waals surface area contributed by atoms with Crippen molar-refractivity contribution in [3.8, 4) is 0 Å². The van der Waals surface area contributed by atoms with E-state index < -0.39 is 17.9 Å². The fourth-order valence-electron chi connectivity index (χ4n) is 2.11. The van der Waals surface area contributed by atoms with E-state index >= 15 is 0 Å². The molecule has 0 bridgehead atoms. The Morgan fingerprint density at radius 3 is 2.61 bits per heavy atom. The summed E-state index contributed by atoms with van der Waals surface area (Å²) in [6.45, 7) is 6.07. The molecule has 23 heavy (non-hydrogen) atoms. The summed E-state index contributed by atoms with van der Waals surface area (Å²) in [4.78, 5) is 19.0. The summed E-state index contributed by atoms with van der Waals surface area (Å²) < 4.78 is 31.7. The molecule has 132 valence electrons. The van der Waals surface area contributed by atoms with Crippen molar-refractivity contribution >= 4 is 5.97 Å². The number of rotatable bonds is 10. The third kappa shape index (κ3) is 5.57. The molecule has 0 aliphatic rings. The number of hydrogen-bond acceptors (Lipinski definition) is 4. The van der Waals surface area contributed by atoms with Crippen molar-refractivity contribution in [2.45, 2.75) is 70.8 Å². The molecule has 1 atom stereocenters. The summed E-state index contributed by atoms with van der Waals surface area (Å²) >= 11 is 0. The average Bonchev–Trinajstić information content (AvgIpc) is 2.95. The Balaban J connectivity index is 2.67. The average molecular weight is 331 g/mol. The van der Waals surface area contributed by atoms with Gasteiger partial charge in [0.15, 0.2) is 5.54 Å². The van der Waals surface area contributed by atoms with Crippen molar-refractivity contribution in [3.63, 3.8) is 0 Å². The van der Waals surface area contributed by atoms with Crippen LogP contribution in [0, 0.1) is 0 Å². The van der Waals surface area contributed by atoms with Crippen LogP contribution in [0.1, 0.15) is 63.9 Å². The van der Waals surface area contributed by atoms with Crippen LogP contribution in [0.5, 0.6) is 0 Å². The first-order valence-corrected chi connectivity index (χ1v) is 8.09. The van der Waals surface area contributed by atoms with Gasteiger partial charge in [-0.05, 0) is 12.3 Å². The minimum atomic E-state index is -3.03. The van der Waals surface area contributed by atoms with Gasteiger partial charge in [-0.3, -0.25) is 0 Å². The number of aromatic amines is 1. The Kier molecular flexibility index (Phi) is 7.61. The van der Waals surface area contributed by atoms with Gasteiger partial charge in [0.25, 0.3) is 6.43 Å². The summed E-state index contributed by atoms with van der Waals surface area (Å²) in [5.74, 6) is -0.633. The SMILES string of the molecule is CCCCCCOC(=O)C(N)(Cc1ncc(C(C)C)[nH]1)C(F)F. The molecule has 5 nitrogen and oxygen atoms in total. The monoisotopic (exact) mass is 331 g/mol. The number of halogens is 2. The number of aromatic nitrogens is 2. The van der Waals surface area contributed by atoms with Crippen molar-refractivity contribution in [2.24, 2.45) is 5.73 Å². The fraction of sp³-hybridized carbons (Fsp3) is 0.750. The zero-order valence-corrected chi connectivity index (χ0v) is 14.1. The van der Waals surface area contributed by atoms with Gasteiger partial charge in [-0.15, -0.1) is 0 Å². The van der Waals surface area contributed by atoms with Crippen LogP contribution in [0.15, 0.2) is 6.20 Å². The van der Waals surface area contributed by atoms with Gasteiger partial charge in [-0.1, -0.05) is 40.0 Å². The molecular weight excluding hydrogens is 304 g/mol. The van der Waals surface area contributed by atoms with E-state index in [9.17, 15) is 13.6 Å². The molecule has 0 saturated carbocycles. The lowest BCUT2D eigenvalue weighted by Crippen LogP contribution is -2.57. The maximum atomic E-state index is 13.3. The number of nitrogens with zero attached hydrogens (tertiary/aromatic N) is 1. The van der Waals surface area contributed by atoms with E-state index in [0.29, 0.717) is 6.42 Å². The fourth-order valence-corrected chi connectivity index (χ4v) is 2.11. The number of imidazole rings is 1. The summed E-state index contributed by atoms with van der Waals surface area (Å²) in [5, 5.41) is 0. The molecule has 0 fully saturated rings. The molecule has 1 aromatic heterocycles. The lowest BCUT2D eigenvalue weighted by molar-refractivity contribution is -0.156. The standard InChI is InChI=1S/C16H27F2N3O2/c1-4-5-6-7-8-23-15(22)16(19,14(17)18)9-13-20-10-12(21-13)11(2)3/h10-11,14H,4-9,19H2,1-3H3,(H,20,21). The largest absolute Gasteiger partial charge is 0.464 e. The smallest absolute Gasteiger partial charge is 0.332 e. The van der Waals surface area contributed by atoms with Gasteiger partial charge >= 0.3 is 5.97 Å². The van der Waals surface area contributed by atoms with Crippen LogP contribution < -0.4 is 5.73 Å². The molecule has 0 spiro atoms. The lowest BCUT2D eigenvalue weighted by atomic mass is 9.97. The number of nitrogens with two attached hydrogens (primary N) is 1. The summed E-state index contributed by atoms with van der Waals surface area (Å²) in [5.41, 5.74) is 4.09. The van der Waals surface area contributed by atoms with Crippen LogP contribution in [0.25, 0.3) is 0 Å². The van der Waals surface area contributed by atoms with Crippen LogP contribution in [0.4, 0.5) is 8.78 Å². The molecule has 0 aromatic carbocycles. The Hall–Kier alpha value is -1.50. The molecule has 3 N–H and O–H groups in total. The highest BCUT2D eigenvalue weighted by Crippen LogP contribution is 2.21. The van der Waals surface area contributed by atoms with E-state index in [1.807, 2.05) is 13.8 Å². The minimum Gasteiger partial charge on any atom is -0.464 e. The normalized spacial score (nSPS) is 14.3. The third-order valence-electron chi connectivity index (χ3n) is 3.73. The molecule has 0 aliphatic carbocycles. The second-order valence-electron chi connectivity index (χ2n) is 6.15. The Morgan fingerprint density at radius 2 is 2.09 bits per heavy atom. The van der Waals surface area contributed by atoms with E-state index in [-0.39, 0.29) is 24.8 Å². The maximum absolute atomic E-state index is 13.3. The first-order valence-electron chi connectivity index (χ1n) is 8.09. The van der Waals surface area contributed by atoms with Crippen LogP contribution in [-0.4, -0.2) is 34.5 Å². The third-order valence-corrected chi connectivity index (χ3v) is 3.73. The Morgan fingerprint density at radius 1 is 1.39 bits per heavy atom. The predicted molar refractivity (Wildman–Crippen MR) is 84.4 cm³/mol. The van der Waals surface area contributed by atoms with E-state index in [0.717, 1.165) is 25.0 Å². The molecule has 0 saturated heterocycles. The molecule has 1 aromatic rings. The molecule has 0 aliphatic heterocycles. The van der Waals surface area contributed by atoms with Crippen LogP contribution in [-0.2, 0) is 16.0 Å². The van der Waals surface area contributed by atoms with Crippen LogP contribution in [0.2, 0.25) is 0 Å². The number of nitrogens with one attached hydrogen (secondary N) is 1. The van der Waals surface area contributed by atoms with Crippen LogP contribution >= 0.6 is 0 Å². The molecule has 1 heterocycles. The molecule has 7 heteroatoms. The Bertz CT molecular complexity index is 491. The molecular formula is C16H27F2N3O2. The van der Waals surface area contributed by atoms with Crippen molar-refractivity contribution in [2.75, 3.05) is 6.61 Å². The zero-order chi connectivity index (χ0) is 17.5. The number of esters is 1. The zero-order valence-electron chi connectivity index (χ0n) is 14.1. The highest BCUT2D eigenvalue weighted by Gasteiger charge is 2.46. The van der Waals surface area contributed by atoms with E-state index in [1.165, 1.54) is 0 Å². The highest BCUT2D eigenvalue weighted by molar-refractivity contribution is 5.81. The topological polar surface area (TPSA) is 81.0 Å². The number of alkyl halides is 2. The van der Waals surface area contributed by atoms with E-state index in [4.69, 9.17) is 10.5 Å². The number of H-pyrrole nitrogens is 1. The predicted octanol–water partition coefficient (Wildman–Crippen LogP) is 3.16. The van der Waals surface area contributed by atoms with Gasteiger partial charge < -0.3 is 15.5 Å². The van der Waals surface area contributed by atoms with Gasteiger partial charge in [0, 0.05) is 18.3 Å². The van der Waals surface area contributed by atoms with Crippen LogP contribution in [0.3, 0.4) is 0 Å². The van der Waals surface area contributed by atoms with Crippen molar-refractivity contribution in [1.82, 2.24) is 9.97 Å². The number of carbonyl (C=O) groups excluding carboxylic acids is 1. The second kappa shape index (κ2) is 8.96. The molecule has 1 unspecified atom stereocenters. The van der Waals surface area contributed by atoms with Gasteiger partial charge in [-0.2, -0.15) is 0 Å². The number of ether oxygens (including phenoxy) is 1. The molecule has 0 amide bonds. The lowest BCUT2D eigenvalue weighted by Gasteiger charge is -2.25. The Labute approximate surface area is 136 Å². The van der Waals surface area contributed by atoms with E-state index in [2.05, 4.69) is 16.9 Å². The number of carbonyl (C=O) groups is 1. The quantitative estimate of drug-likeness (QED) is 0.510. The second-order valence-corrected chi connectivity index (χ2v) is 6.15.